The van der Waals surface area contributed by atoms with Crippen LogP contribution in [0, 0.1) is 18.8 Å². The van der Waals surface area contributed by atoms with E-state index in [2.05, 4.69) is 15.3 Å². The number of ketones is 1. The van der Waals surface area contributed by atoms with E-state index in [0.717, 1.165) is 5.56 Å². The number of Topliss-reactive ketones (excluding diaryl/α,β-unsaturated/α-hetero) is 1. The molecule has 0 bridgehead atoms. The minimum Gasteiger partial charge on any atom is -0.496 e. The maximum Gasteiger partial charge on any atom is 0.389 e. The second kappa shape index (κ2) is 12.7. The summed E-state index contributed by atoms with van der Waals surface area (Å²) in [5, 5.41) is 2.26. The highest BCUT2D eigenvalue weighted by atomic mass is 19.4. The first kappa shape index (κ1) is 31.6. The Morgan fingerprint density at radius 3 is 2.22 bits per heavy atom. The van der Waals surface area contributed by atoms with Crippen LogP contribution in [0.15, 0.2) is 41.5 Å². The molecule has 0 radical (unpaired) electrons. The Bertz CT molecular complexity index is 1310. The first-order chi connectivity index (χ1) is 19.1. The molecule has 0 fully saturated rings. The smallest absolute Gasteiger partial charge is 0.389 e. The molecule has 8 nitrogen and oxygen atoms in total. The van der Waals surface area contributed by atoms with E-state index < -0.39 is 73.6 Å². The van der Waals surface area contributed by atoms with Crippen molar-refractivity contribution < 1.29 is 45.5 Å². The summed E-state index contributed by atoms with van der Waals surface area (Å²) in [5.41, 5.74) is 7.43. The van der Waals surface area contributed by atoms with E-state index >= 15 is 0 Å². The minimum absolute atomic E-state index is 0.172. The number of hydrogen-bond donors (Lipinski definition) is 2. The molecule has 3 rings (SSSR count). The van der Waals surface area contributed by atoms with Gasteiger partial charge >= 0.3 is 12.4 Å². The number of halogens is 6. The van der Waals surface area contributed by atoms with Gasteiger partial charge in [0.15, 0.2) is 11.9 Å². The van der Waals surface area contributed by atoms with E-state index in [-0.39, 0.29) is 12.1 Å². The van der Waals surface area contributed by atoms with Crippen LogP contribution in [0.4, 0.5) is 26.3 Å². The molecule has 2 amide bonds. The average Bonchev–Trinajstić information content (AvgIpc) is 3.01. The van der Waals surface area contributed by atoms with Gasteiger partial charge in [0.05, 0.1) is 18.5 Å². The standard InChI is InChI=1S/C27H28F6N4O4/c1-14-6-7-19(35-13-14)22-15-4-3-5-21(41-2)18(15)12-20(38)24(36-22)37-25(40)17(9-11-27(31,32)33)16(23(34)39)8-10-26(28,29)30/h3-7,13,16-17,24H,8-12H2,1-2H3,(H2,34,39)(H,37,40)/t16-,17+,24+/m0/s1. The summed E-state index contributed by atoms with van der Waals surface area (Å²) in [6, 6.07) is 8.27. The molecule has 222 valence electrons. The maximum atomic E-state index is 13.3. The largest absolute Gasteiger partial charge is 0.496 e. The van der Waals surface area contributed by atoms with Crippen molar-refractivity contribution in [3.8, 4) is 5.75 Å². The molecule has 3 N–H and O–H groups in total. The van der Waals surface area contributed by atoms with Crippen LogP contribution in [0.3, 0.4) is 0 Å². The molecular formula is C27H28F6N4O4. The van der Waals surface area contributed by atoms with Gasteiger partial charge in [-0.15, -0.1) is 0 Å². The fourth-order valence-electron chi connectivity index (χ4n) is 4.56. The molecule has 0 saturated heterocycles. The molecule has 0 saturated carbocycles. The van der Waals surface area contributed by atoms with E-state index in [4.69, 9.17) is 10.5 Å². The normalized spacial score (nSPS) is 17.1. The van der Waals surface area contributed by atoms with Gasteiger partial charge in [0.2, 0.25) is 11.8 Å². The molecule has 1 aliphatic heterocycles. The maximum absolute atomic E-state index is 13.3. The number of rotatable bonds is 10. The highest BCUT2D eigenvalue weighted by molar-refractivity contribution is 6.15. The number of hydrogen-bond acceptors (Lipinski definition) is 6. The topological polar surface area (TPSA) is 124 Å². The van der Waals surface area contributed by atoms with Crippen LogP contribution in [0.5, 0.6) is 5.75 Å². The zero-order chi connectivity index (χ0) is 30.5. The van der Waals surface area contributed by atoms with Crippen molar-refractivity contribution in [2.45, 2.75) is 57.5 Å². The number of primary amides is 1. The molecule has 2 heterocycles. The second-order valence-electron chi connectivity index (χ2n) is 9.66. The van der Waals surface area contributed by atoms with Gasteiger partial charge in [0.25, 0.3) is 0 Å². The number of aromatic nitrogens is 1. The predicted octanol–water partition coefficient (Wildman–Crippen LogP) is 4.21. The molecule has 1 aromatic heterocycles. The number of aliphatic imine (C=N–C) groups is 1. The van der Waals surface area contributed by atoms with E-state index in [1.54, 1.807) is 43.5 Å². The van der Waals surface area contributed by atoms with E-state index in [1.165, 1.54) is 7.11 Å². The lowest BCUT2D eigenvalue weighted by atomic mass is 9.83. The molecular weight excluding hydrogens is 558 g/mol. The van der Waals surface area contributed by atoms with Gasteiger partial charge in [0.1, 0.15) is 5.75 Å². The quantitative estimate of drug-likeness (QED) is 0.404. The summed E-state index contributed by atoms with van der Waals surface area (Å²) in [7, 11) is 1.39. The number of carbonyl (C=O) groups excluding carboxylic acids is 3. The van der Waals surface area contributed by atoms with Crippen LogP contribution >= 0.6 is 0 Å². The molecule has 0 unspecified atom stereocenters. The lowest BCUT2D eigenvalue weighted by molar-refractivity contribution is -0.152. The van der Waals surface area contributed by atoms with E-state index in [9.17, 15) is 40.7 Å². The average molecular weight is 587 g/mol. The van der Waals surface area contributed by atoms with Crippen LogP contribution in [0.2, 0.25) is 0 Å². The van der Waals surface area contributed by atoms with Gasteiger partial charge in [-0.3, -0.25) is 19.4 Å². The number of benzene rings is 1. The van der Waals surface area contributed by atoms with Gasteiger partial charge in [-0.2, -0.15) is 26.3 Å². The third-order valence-electron chi connectivity index (χ3n) is 6.62. The molecule has 41 heavy (non-hydrogen) atoms. The number of aryl methyl sites for hydroxylation is 1. The fraction of sp³-hybridized carbons (Fsp3) is 0.444. The molecule has 1 aliphatic rings. The number of alkyl halides is 6. The van der Waals surface area contributed by atoms with Gasteiger partial charge < -0.3 is 15.8 Å². The molecule has 3 atom stereocenters. The molecule has 1 aromatic carbocycles. The molecule has 0 aliphatic carbocycles. The van der Waals surface area contributed by atoms with Crippen molar-refractivity contribution >= 4 is 23.3 Å². The van der Waals surface area contributed by atoms with Gasteiger partial charge in [-0.05, 0) is 37.5 Å². The summed E-state index contributed by atoms with van der Waals surface area (Å²) in [6.07, 6.45) is -15.1. The monoisotopic (exact) mass is 586 g/mol. The van der Waals surface area contributed by atoms with Gasteiger partial charge in [-0.25, -0.2) is 4.99 Å². The Labute approximate surface area is 231 Å². The Morgan fingerprint density at radius 1 is 1.05 bits per heavy atom. The Kier molecular flexibility index (Phi) is 9.77. The lowest BCUT2D eigenvalue weighted by Crippen LogP contribution is -2.47. The van der Waals surface area contributed by atoms with Crippen LogP contribution in [-0.2, 0) is 20.8 Å². The van der Waals surface area contributed by atoms with Crippen molar-refractivity contribution in [1.82, 2.24) is 10.3 Å². The number of amides is 2. The van der Waals surface area contributed by atoms with Crippen molar-refractivity contribution in [2.24, 2.45) is 22.6 Å². The number of nitrogens with one attached hydrogen (secondary N) is 1. The summed E-state index contributed by atoms with van der Waals surface area (Å²) in [4.78, 5) is 47.4. The van der Waals surface area contributed by atoms with Crippen molar-refractivity contribution in [3.05, 3.63) is 58.9 Å². The third-order valence-corrected chi connectivity index (χ3v) is 6.62. The van der Waals surface area contributed by atoms with Crippen LogP contribution < -0.4 is 15.8 Å². The van der Waals surface area contributed by atoms with Crippen LogP contribution in [-0.4, -0.2) is 53.9 Å². The summed E-state index contributed by atoms with van der Waals surface area (Å²) in [6.45, 7) is 1.80. The number of nitrogens with two attached hydrogens (primary N) is 1. The molecule has 14 heteroatoms. The highest BCUT2D eigenvalue weighted by Gasteiger charge is 2.40. The zero-order valence-corrected chi connectivity index (χ0v) is 22.1. The highest BCUT2D eigenvalue weighted by Crippen LogP contribution is 2.33. The van der Waals surface area contributed by atoms with Gasteiger partial charge in [0, 0.05) is 48.4 Å². The number of pyridine rings is 1. The third kappa shape index (κ3) is 8.51. The number of fused-ring (bicyclic) bond motifs is 1. The Balaban J connectivity index is 2.03. The first-order valence-corrected chi connectivity index (χ1v) is 12.5. The number of nitrogens with zero attached hydrogens (tertiary/aromatic N) is 2. The number of carbonyl (C=O) groups is 3. The lowest BCUT2D eigenvalue weighted by Gasteiger charge is -2.26. The van der Waals surface area contributed by atoms with Crippen LogP contribution in [0.25, 0.3) is 0 Å². The second-order valence-corrected chi connectivity index (χ2v) is 9.66. The Morgan fingerprint density at radius 2 is 1.68 bits per heavy atom. The van der Waals surface area contributed by atoms with Crippen molar-refractivity contribution in [2.75, 3.05) is 7.11 Å². The SMILES string of the molecule is COc1cccc2c1CC(=O)[C@@H](NC(=O)[C@H](CCC(F)(F)F)[C@H](CCC(F)(F)F)C(N)=O)N=C2c1ccc(C)cn1. The van der Waals surface area contributed by atoms with E-state index in [0.29, 0.717) is 22.6 Å². The minimum atomic E-state index is -4.77. The summed E-state index contributed by atoms with van der Waals surface area (Å²) < 4.78 is 83.3. The number of ether oxygens (including phenoxy) is 1. The summed E-state index contributed by atoms with van der Waals surface area (Å²) in [5.74, 6) is -6.73. The first-order valence-electron chi connectivity index (χ1n) is 12.5. The van der Waals surface area contributed by atoms with Gasteiger partial charge in [-0.1, -0.05) is 18.2 Å². The molecule has 2 aromatic rings. The van der Waals surface area contributed by atoms with Crippen LogP contribution in [0.1, 0.15) is 48.1 Å². The fourth-order valence-corrected chi connectivity index (χ4v) is 4.56. The summed E-state index contributed by atoms with van der Waals surface area (Å²) >= 11 is 0. The van der Waals surface area contributed by atoms with Crippen molar-refractivity contribution in [1.29, 1.82) is 0 Å². The number of methoxy groups -OCH3 is 1. The van der Waals surface area contributed by atoms with Crippen molar-refractivity contribution in [3.63, 3.8) is 0 Å². The Hall–Kier alpha value is -3.97. The predicted molar refractivity (Wildman–Crippen MR) is 135 cm³/mol. The molecule has 0 spiro atoms. The van der Waals surface area contributed by atoms with E-state index in [1.807, 2.05) is 0 Å². The zero-order valence-electron chi connectivity index (χ0n) is 22.1.